The fraction of sp³-hybridized carbons (Fsp3) is 0.0909. The molecule has 3 aromatic heterocycles. The number of ether oxygens (including phenoxy) is 1. The summed E-state index contributed by atoms with van der Waals surface area (Å²) in [6.45, 7) is 0. The van der Waals surface area contributed by atoms with Crippen molar-refractivity contribution in [3.8, 4) is 11.3 Å². The first-order valence-corrected chi connectivity index (χ1v) is 9.77. The number of carbonyl (C=O) groups excluding carboxylic acids is 2. The summed E-state index contributed by atoms with van der Waals surface area (Å²) >= 11 is 6.10. The summed E-state index contributed by atoms with van der Waals surface area (Å²) in [4.78, 5) is 34.3. The van der Waals surface area contributed by atoms with Gasteiger partial charge >= 0.3 is 6.09 Å². The zero-order valence-corrected chi connectivity index (χ0v) is 17.8. The van der Waals surface area contributed by atoms with Crippen LogP contribution in [0.4, 0.5) is 20.7 Å². The molecule has 8 nitrogen and oxygen atoms in total. The van der Waals surface area contributed by atoms with E-state index < -0.39 is 11.9 Å². The minimum atomic E-state index is -0.617. The molecule has 2 amide bonds. The Kier molecular flexibility index (Phi) is 5.74. The lowest BCUT2D eigenvalue weighted by molar-refractivity contribution is 0.0992. The van der Waals surface area contributed by atoms with Crippen LogP contribution in [0.15, 0.2) is 61.1 Å². The first-order valence-electron chi connectivity index (χ1n) is 9.39. The third kappa shape index (κ3) is 4.10. The molecule has 0 aliphatic rings. The molecule has 0 saturated heterocycles. The quantitative estimate of drug-likeness (QED) is 0.486. The molecule has 4 rings (SSSR count). The molecule has 32 heavy (non-hydrogen) atoms. The number of methoxy groups -OCH3 is 1. The Labute approximate surface area is 187 Å². The van der Waals surface area contributed by atoms with Crippen LogP contribution in [0.5, 0.6) is 0 Å². The maximum Gasteiger partial charge on any atom is 0.412 e. The average Bonchev–Trinajstić information content (AvgIpc) is 3.22. The van der Waals surface area contributed by atoms with E-state index in [2.05, 4.69) is 20.0 Å². The Hall–Kier alpha value is -3.98. The Balaban J connectivity index is 1.65. The van der Waals surface area contributed by atoms with Crippen molar-refractivity contribution in [3.05, 3.63) is 77.5 Å². The van der Waals surface area contributed by atoms with Crippen molar-refractivity contribution in [3.63, 3.8) is 0 Å². The molecule has 0 atom stereocenters. The molecule has 0 aliphatic heterocycles. The molecule has 4 aromatic rings. The molecule has 3 heterocycles. The van der Waals surface area contributed by atoms with Crippen molar-refractivity contribution >= 4 is 40.8 Å². The Bertz CT molecular complexity index is 1320. The minimum Gasteiger partial charge on any atom is -0.453 e. The number of aromatic nitrogens is 3. The van der Waals surface area contributed by atoms with Crippen LogP contribution < -0.4 is 10.2 Å². The van der Waals surface area contributed by atoms with Crippen LogP contribution >= 0.6 is 11.6 Å². The van der Waals surface area contributed by atoms with Gasteiger partial charge in [0.05, 0.1) is 35.3 Å². The summed E-state index contributed by atoms with van der Waals surface area (Å²) < 4.78 is 19.7. The van der Waals surface area contributed by atoms with Crippen LogP contribution in [0, 0.1) is 5.82 Å². The van der Waals surface area contributed by atoms with E-state index >= 15 is 0 Å². The van der Waals surface area contributed by atoms with E-state index in [9.17, 15) is 14.0 Å². The van der Waals surface area contributed by atoms with Gasteiger partial charge in [0, 0.05) is 25.0 Å². The van der Waals surface area contributed by atoms with Crippen LogP contribution in [-0.2, 0) is 4.74 Å². The second-order valence-electron chi connectivity index (χ2n) is 6.80. The van der Waals surface area contributed by atoms with Gasteiger partial charge in [-0.25, -0.2) is 19.2 Å². The monoisotopic (exact) mass is 453 g/mol. The topological polar surface area (TPSA) is 88.8 Å². The number of nitrogens with one attached hydrogen (secondary N) is 1. The van der Waals surface area contributed by atoms with E-state index in [0.29, 0.717) is 28.4 Å². The molecule has 0 bridgehead atoms. The first kappa shape index (κ1) is 21.3. The molecule has 0 saturated carbocycles. The van der Waals surface area contributed by atoms with Crippen molar-refractivity contribution in [2.75, 3.05) is 24.4 Å². The maximum absolute atomic E-state index is 13.4. The van der Waals surface area contributed by atoms with Gasteiger partial charge < -0.3 is 9.64 Å². The van der Waals surface area contributed by atoms with Crippen LogP contribution in [0.3, 0.4) is 0 Å². The number of carbonyl (C=O) groups is 2. The summed E-state index contributed by atoms with van der Waals surface area (Å²) in [5.74, 6) is -0.468. The van der Waals surface area contributed by atoms with E-state index in [1.807, 2.05) is 0 Å². The predicted molar refractivity (Wildman–Crippen MR) is 119 cm³/mol. The number of imidazole rings is 1. The second kappa shape index (κ2) is 8.64. The van der Waals surface area contributed by atoms with Gasteiger partial charge in [0.1, 0.15) is 17.3 Å². The van der Waals surface area contributed by atoms with Gasteiger partial charge in [0.25, 0.3) is 5.91 Å². The van der Waals surface area contributed by atoms with E-state index in [4.69, 9.17) is 11.6 Å². The van der Waals surface area contributed by atoms with Gasteiger partial charge in [0.15, 0.2) is 0 Å². The predicted octanol–water partition coefficient (Wildman–Crippen LogP) is 4.64. The molecule has 1 aromatic carbocycles. The molecule has 162 valence electrons. The lowest BCUT2D eigenvalue weighted by Crippen LogP contribution is -2.26. The Morgan fingerprint density at radius 2 is 1.94 bits per heavy atom. The van der Waals surface area contributed by atoms with Gasteiger partial charge in [-0.15, -0.1) is 0 Å². The summed E-state index contributed by atoms with van der Waals surface area (Å²) in [7, 11) is 2.83. The number of halogens is 2. The SMILES string of the molecule is COC(=O)Nc1ccc(-c2cnc3ccc(C(=O)N(C)c4ccc(F)cc4Cl)cn23)cn1. The number of rotatable bonds is 4. The fourth-order valence-corrected chi connectivity index (χ4v) is 3.45. The highest BCUT2D eigenvalue weighted by atomic mass is 35.5. The van der Waals surface area contributed by atoms with Crippen molar-refractivity contribution < 1.29 is 18.7 Å². The number of nitrogens with zero attached hydrogens (tertiary/aromatic N) is 4. The van der Waals surface area contributed by atoms with Gasteiger partial charge in [-0.05, 0) is 42.5 Å². The zero-order valence-electron chi connectivity index (χ0n) is 17.0. The summed E-state index contributed by atoms with van der Waals surface area (Å²) in [5, 5.41) is 2.62. The lowest BCUT2D eigenvalue weighted by Gasteiger charge is -2.19. The van der Waals surface area contributed by atoms with Crippen molar-refractivity contribution in [2.24, 2.45) is 0 Å². The number of benzene rings is 1. The molecule has 0 fully saturated rings. The standard InChI is InChI=1S/C22H17ClFN5O3/c1-28(17-6-5-15(24)9-16(17)23)21(30)14-4-8-20-26-11-18(29(20)12-14)13-3-7-19(25-10-13)27-22(31)32-2/h3-12H,1-2H3,(H,25,27,31). The Morgan fingerprint density at radius 1 is 1.12 bits per heavy atom. The molecule has 0 spiro atoms. The van der Waals surface area contributed by atoms with Gasteiger partial charge in [0.2, 0.25) is 0 Å². The van der Waals surface area contributed by atoms with E-state index in [0.717, 1.165) is 11.6 Å². The summed E-state index contributed by atoms with van der Waals surface area (Å²) in [6, 6.07) is 10.6. The van der Waals surface area contributed by atoms with E-state index in [-0.39, 0.29) is 10.9 Å². The minimum absolute atomic E-state index is 0.136. The van der Waals surface area contributed by atoms with Gasteiger partial charge in [-0.1, -0.05) is 11.6 Å². The van der Waals surface area contributed by atoms with Crippen molar-refractivity contribution in [1.29, 1.82) is 0 Å². The molecular weight excluding hydrogens is 437 g/mol. The van der Waals surface area contributed by atoms with Gasteiger partial charge in [-0.2, -0.15) is 0 Å². The summed E-state index contributed by atoms with van der Waals surface area (Å²) in [6.07, 6.45) is 4.28. The molecule has 0 unspecified atom stereocenters. The highest BCUT2D eigenvalue weighted by molar-refractivity contribution is 6.34. The van der Waals surface area contributed by atoms with E-state index in [1.165, 1.54) is 24.1 Å². The fourth-order valence-electron chi connectivity index (χ4n) is 3.15. The number of amides is 2. The van der Waals surface area contributed by atoms with Crippen LogP contribution in [0.2, 0.25) is 5.02 Å². The molecule has 10 heteroatoms. The highest BCUT2D eigenvalue weighted by Gasteiger charge is 2.18. The third-order valence-electron chi connectivity index (χ3n) is 4.80. The number of hydrogen-bond acceptors (Lipinski definition) is 5. The number of anilines is 2. The number of hydrogen-bond donors (Lipinski definition) is 1. The summed E-state index contributed by atoms with van der Waals surface area (Å²) in [5.41, 5.74) is 2.84. The molecule has 1 N–H and O–H groups in total. The highest BCUT2D eigenvalue weighted by Crippen LogP contribution is 2.27. The second-order valence-corrected chi connectivity index (χ2v) is 7.21. The number of fused-ring (bicyclic) bond motifs is 1. The Morgan fingerprint density at radius 3 is 2.62 bits per heavy atom. The first-order chi connectivity index (χ1) is 15.4. The molecular formula is C22H17ClFN5O3. The third-order valence-corrected chi connectivity index (χ3v) is 5.11. The van der Waals surface area contributed by atoms with Crippen molar-refractivity contribution in [1.82, 2.24) is 14.4 Å². The van der Waals surface area contributed by atoms with E-state index in [1.54, 1.807) is 54.3 Å². The lowest BCUT2D eigenvalue weighted by atomic mass is 10.2. The van der Waals surface area contributed by atoms with Crippen LogP contribution in [-0.4, -0.2) is 40.5 Å². The average molecular weight is 454 g/mol. The normalized spacial score (nSPS) is 10.8. The van der Waals surface area contributed by atoms with Crippen LogP contribution in [0.25, 0.3) is 16.9 Å². The van der Waals surface area contributed by atoms with Gasteiger partial charge in [-0.3, -0.25) is 14.5 Å². The smallest absolute Gasteiger partial charge is 0.412 e. The van der Waals surface area contributed by atoms with Crippen LogP contribution in [0.1, 0.15) is 10.4 Å². The number of pyridine rings is 2. The molecule has 0 radical (unpaired) electrons. The maximum atomic E-state index is 13.4. The van der Waals surface area contributed by atoms with Crippen molar-refractivity contribution in [2.45, 2.75) is 0 Å². The molecule has 0 aliphatic carbocycles. The zero-order chi connectivity index (χ0) is 22.8. The largest absolute Gasteiger partial charge is 0.453 e.